The molecule has 3 aromatic rings. The molecule has 0 aliphatic heterocycles. The topological polar surface area (TPSA) is 12.9 Å². The fraction of sp³-hybridized carbons (Fsp3) is 0. The van der Waals surface area contributed by atoms with Crippen molar-refractivity contribution in [2.45, 2.75) is 9.24 Å². The number of fused-ring (bicyclic) bond motifs is 1. The molecule has 1 aromatic heterocycles. The molecule has 0 saturated carbocycles. The third kappa shape index (κ3) is 2.46. The summed E-state index contributed by atoms with van der Waals surface area (Å²) in [6.45, 7) is 0. The van der Waals surface area contributed by atoms with E-state index in [1.165, 1.54) is 15.7 Å². The molecule has 1 heterocycles. The first-order chi connectivity index (χ1) is 8.31. The van der Waals surface area contributed by atoms with E-state index in [0.717, 1.165) is 4.34 Å². The number of benzene rings is 2. The Kier molecular flexibility index (Phi) is 3.05. The van der Waals surface area contributed by atoms with Crippen molar-refractivity contribution in [1.82, 2.24) is 4.98 Å². The summed E-state index contributed by atoms with van der Waals surface area (Å²) in [6.07, 6.45) is 0. The maximum Gasteiger partial charge on any atom is 0.156 e. The minimum atomic E-state index is 0.568. The zero-order chi connectivity index (χ0) is 11.7. The predicted molar refractivity (Wildman–Crippen MR) is 75.2 cm³/mol. The van der Waals surface area contributed by atoms with Crippen LogP contribution < -0.4 is 0 Å². The van der Waals surface area contributed by atoms with Crippen molar-refractivity contribution in [3.63, 3.8) is 0 Å². The van der Waals surface area contributed by atoms with Gasteiger partial charge in [-0.25, -0.2) is 4.98 Å². The van der Waals surface area contributed by atoms with E-state index < -0.39 is 0 Å². The highest BCUT2D eigenvalue weighted by molar-refractivity contribution is 8.01. The van der Waals surface area contributed by atoms with Crippen molar-refractivity contribution in [2.24, 2.45) is 0 Å². The summed E-state index contributed by atoms with van der Waals surface area (Å²) in [6, 6.07) is 14.8. The van der Waals surface area contributed by atoms with Crippen LogP contribution >= 0.6 is 34.7 Å². The zero-order valence-electron chi connectivity index (χ0n) is 8.76. The maximum absolute atomic E-state index is 5.81. The van der Waals surface area contributed by atoms with Gasteiger partial charge >= 0.3 is 0 Å². The molecule has 84 valence electrons. The SMILES string of the molecule is Clc1csc(Sc2ccc3ccccc3c2)n1. The summed E-state index contributed by atoms with van der Waals surface area (Å²) < 4.78 is 0.977. The van der Waals surface area contributed by atoms with E-state index in [1.807, 2.05) is 5.38 Å². The largest absolute Gasteiger partial charge is 0.218 e. The van der Waals surface area contributed by atoms with Crippen molar-refractivity contribution < 1.29 is 0 Å². The average Bonchev–Trinajstić information content (AvgIpc) is 2.75. The first-order valence-electron chi connectivity index (χ1n) is 5.09. The Hall–Kier alpha value is -1.03. The Morgan fingerprint density at radius 1 is 1.06 bits per heavy atom. The molecule has 0 unspecified atom stereocenters. The van der Waals surface area contributed by atoms with Crippen LogP contribution in [0.25, 0.3) is 10.8 Å². The summed E-state index contributed by atoms with van der Waals surface area (Å²) in [5.74, 6) is 0. The molecular formula is C13H8ClNS2. The van der Waals surface area contributed by atoms with Gasteiger partial charge < -0.3 is 0 Å². The molecule has 4 heteroatoms. The molecular weight excluding hydrogens is 270 g/mol. The lowest BCUT2D eigenvalue weighted by Crippen LogP contribution is -1.75. The Balaban J connectivity index is 1.95. The molecule has 0 bridgehead atoms. The number of hydrogen-bond donors (Lipinski definition) is 0. The minimum Gasteiger partial charge on any atom is -0.218 e. The van der Waals surface area contributed by atoms with Crippen LogP contribution in [0.4, 0.5) is 0 Å². The summed E-state index contributed by atoms with van der Waals surface area (Å²) >= 11 is 9.02. The lowest BCUT2D eigenvalue weighted by Gasteiger charge is -2.01. The van der Waals surface area contributed by atoms with Crippen molar-refractivity contribution >= 4 is 45.5 Å². The van der Waals surface area contributed by atoms with Gasteiger partial charge in [0.25, 0.3) is 0 Å². The monoisotopic (exact) mass is 277 g/mol. The third-order valence-electron chi connectivity index (χ3n) is 2.38. The number of hydrogen-bond acceptors (Lipinski definition) is 3. The van der Waals surface area contributed by atoms with Gasteiger partial charge in [0, 0.05) is 10.3 Å². The Bertz CT molecular complexity index is 663. The Morgan fingerprint density at radius 2 is 1.88 bits per heavy atom. The first kappa shape index (κ1) is 11.1. The fourth-order valence-electron chi connectivity index (χ4n) is 1.62. The van der Waals surface area contributed by atoms with Gasteiger partial charge in [-0.15, -0.1) is 11.3 Å². The Labute approximate surface area is 112 Å². The van der Waals surface area contributed by atoms with E-state index in [4.69, 9.17) is 11.6 Å². The van der Waals surface area contributed by atoms with Crippen LogP contribution in [-0.4, -0.2) is 4.98 Å². The lowest BCUT2D eigenvalue weighted by atomic mass is 10.1. The van der Waals surface area contributed by atoms with E-state index in [0.29, 0.717) is 5.15 Å². The molecule has 0 amide bonds. The van der Waals surface area contributed by atoms with E-state index in [-0.39, 0.29) is 0 Å². The van der Waals surface area contributed by atoms with Crippen molar-refractivity contribution in [1.29, 1.82) is 0 Å². The Morgan fingerprint density at radius 3 is 2.65 bits per heavy atom. The van der Waals surface area contributed by atoms with E-state index in [9.17, 15) is 0 Å². The van der Waals surface area contributed by atoms with Crippen LogP contribution in [0.15, 0.2) is 57.1 Å². The van der Waals surface area contributed by atoms with E-state index >= 15 is 0 Å². The number of nitrogens with zero attached hydrogens (tertiary/aromatic N) is 1. The number of aromatic nitrogens is 1. The summed E-state index contributed by atoms with van der Waals surface area (Å²) in [7, 11) is 0. The van der Waals surface area contributed by atoms with Crippen LogP contribution in [0.5, 0.6) is 0 Å². The van der Waals surface area contributed by atoms with Crippen molar-refractivity contribution in [2.75, 3.05) is 0 Å². The van der Waals surface area contributed by atoms with Crippen LogP contribution in [0.1, 0.15) is 0 Å². The fourth-order valence-corrected chi connectivity index (χ4v) is 3.63. The summed E-state index contributed by atoms with van der Waals surface area (Å²) in [5, 5.41) is 4.93. The summed E-state index contributed by atoms with van der Waals surface area (Å²) in [5.41, 5.74) is 0. The molecule has 0 aliphatic rings. The van der Waals surface area contributed by atoms with Gasteiger partial charge in [-0.05, 0) is 22.9 Å². The van der Waals surface area contributed by atoms with Gasteiger partial charge in [0.1, 0.15) is 5.15 Å². The quantitative estimate of drug-likeness (QED) is 0.646. The normalized spacial score (nSPS) is 10.9. The van der Waals surface area contributed by atoms with Gasteiger partial charge in [0.2, 0.25) is 0 Å². The molecule has 0 aliphatic carbocycles. The maximum atomic E-state index is 5.81. The molecule has 0 spiro atoms. The number of halogens is 1. The molecule has 0 atom stereocenters. The van der Waals surface area contributed by atoms with Crippen LogP contribution in [-0.2, 0) is 0 Å². The number of thiazole rings is 1. The molecule has 1 nitrogen and oxygen atoms in total. The molecule has 0 saturated heterocycles. The third-order valence-corrected chi connectivity index (χ3v) is 4.63. The molecule has 0 fully saturated rings. The van der Waals surface area contributed by atoms with Gasteiger partial charge in [-0.1, -0.05) is 53.7 Å². The van der Waals surface area contributed by atoms with Crippen molar-refractivity contribution in [3.8, 4) is 0 Å². The highest BCUT2D eigenvalue weighted by Crippen LogP contribution is 2.33. The van der Waals surface area contributed by atoms with Crippen LogP contribution in [0.3, 0.4) is 0 Å². The second-order valence-corrected chi connectivity index (χ2v) is 6.11. The summed E-state index contributed by atoms with van der Waals surface area (Å²) in [4.78, 5) is 5.42. The van der Waals surface area contributed by atoms with Crippen LogP contribution in [0, 0.1) is 0 Å². The lowest BCUT2D eigenvalue weighted by molar-refractivity contribution is 1.25. The average molecular weight is 278 g/mol. The van der Waals surface area contributed by atoms with E-state index in [1.54, 1.807) is 23.1 Å². The van der Waals surface area contributed by atoms with E-state index in [2.05, 4.69) is 47.4 Å². The molecule has 2 aromatic carbocycles. The molecule has 0 N–H and O–H groups in total. The van der Waals surface area contributed by atoms with Gasteiger partial charge in [-0.3, -0.25) is 0 Å². The van der Waals surface area contributed by atoms with Gasteiger partial charge in [-0.2, -0.15) is 0 Å². The number of rotatable bonds is 2. The second-order valence-electron chi connectivity index (χ2n) is 3.55. The van der Waals surface area contributed by atoms with Crippen molar-refractivity contribution in [3.05, 3.63) is 53.0 Å². The highest BCUT2D eigenvalue weighted by Gasteiger charge is 2.03. The molecule has 0 radical (unpaired) electrons. The standard InChI is InChI=1S/C13H8ClNS2/c14-12-8-16-13(15-12)17-11-6-5-9-3-1-2-4-10(9)7-11/h1-8H. The minimum absolute atomic E-state index is 0.568. The zero-order valence-corrected chi connectivity index (χ0v) is 11.1. The molecule has 17 heavy (non-hydrogen) atoms. The molecule has 3 rings (SSSR count). The second kappa shape index (κ2) is 4.69. The highest BCUT2D eigenvalue weighted by atomic mass is 35.5. The smallest absolute Gasteiger partial charge is 0.156 e. The van der Waals surface area contributed by atoms with Gasteiger partial charge in [0.05, 0.1) is 0 Å². The van der Waals surface area contributed by atoms with Gasteiger partial charge in [0.15, 0.2) is 4.34 Å². The van der Waals surface area contributed by atoms with Crippen LogP contribution in [0.2, 0.25) is 5.15 Å². The predicted octanol–water partition coefficient (Wildman–Crippen LogP) is 5.10. The first-order valence-corrected chi connectivity index (χ1v) is 7.16.